The average molecular weight is 394 g/mol. The highest BCUT2D eigenvalue weighted by atomic mass is 35.5. The first kappa shape index (κ1) is 19.0. The third-order valence-corrected chi connectivity index (χ3v) is 5.78. The quantitative estimate of drug-likeness (QED) is 0.549. The van der Waals surface area contributed by atoms with Gasteiger partial charge in [-0.2, -0.15) is 0 Å². The van der Waals surface area contributed by atoms with Crippen molar-refractivity contribution in [2.24, 2.45) is 4.99 Å². The van der Waals surface area contributed by atoms with Gasteiger partial charge in [-0.3, -0.25) is 0 Å². The lowest BCUT2D eigenvalue weighted by Crippen LogP contribution is -2.31. The smallest absolute Gasteiger partial charge is 0.213 e. The summed E-state index contributed by atoms with van der Waals surface area (Å²) in [5.74, 6) is 0.191. The number of thioether (sulfide) groups is 1. The van der Waals surface area contributed by atoms with Crippen LogP contribution in [0, 0.1) is 5.82 Å². The van der Waals surface area contributed by atoms with Gasteiger partial charge in [0.1, 0.15) is 5.82 Å². The molecule has 0 N–H and O–H groups in total. The second-order valence-electron chi connectivity index (χ2n) is 6.49. The van der Waals surface area contributed by atoms with Gasteiger partial charge in [0.2, 0.25) is 5.88 Å². The van der Waals surface area contributed by atoms with Crippen molar-refractivity contribution < 1.29 is 9.13 Å². The van der Waals surface area contributed by atoms with Crippen molar-refractivity contribution in [1.82, 2.24) is 9.88 Å². The highest BCUT2D eigenvalue weighted by Crippen LogP contribution is 2.39. The fraction of sp³-hybridized carbons (Fsp3) is 0.368. The maximum atomic E-state index is 13.9. The summed E-state index contributed by atoms with van der Waals surface area (Å²) in [5.41, 5.74) is 1.41. The summed E-state index contributed by atoms with van der Waals surface area (Å²) >= 11 is 7.82. The molecule has 1 aliphatic heterocycles. The summed E-state index contributed by atoms with van der Waals surface area (Å²) in [7, 11) is 1.58. The SMILES string of the molecule is COc1ccc(N=C(SC)N2CCC(C)(c3cccc(F)c3Cl)C2)cn1. The first-order valence-corrected chi connectivity index (χ1v) is 9.89. The molecule has 1 aromatic heterocycles. The van der Waals surface area contributed by atoms with E-state index in [-0.39, 0.29) is 16.3 Å². The number of pyridine rings is 1. The molecule has 1 atom stereocenters. The summed E-state index contributed by atoms with van der Waals surface area (Å²) in [6.45, 7) is 3.70. The van der Waals surface area contributed by atoms with Gasteiger partial charge in [-0.1, -0.05) is 42.4 Å². The van der Waals surface area contributed by atoms with Crippen LogP contribution in [0.3, 0.4) is 0 Å². The summed E-state index contributed by atoms with van der Waals surface area (Å²) in [5, 5.41) is 1.13. The van der Waals surface area contributed by atoms with E-state index in [9.17, 15) is 4.39 Å². The van der Waals surface area contributed by atoms with Gasteiger partial charge >= 0.3 is 0 Å². The zero-order valence-electron chi connectivity index (χ0n) is 15.0. The van der Waals surface area contributed by atoms with Crippen LogP contribution in [0.25, 0.3) is 0 Å². The molecule has 2 heterocycles. The van der Waals surface area contributed by atoms with E-state index < -0.39 is 0 Å². The number of hydrogen-bond acceptors (Lipinski definition) is 4. The number of likely N-dealkylation sites (tertiary alicyclic amines) is 1. The number of halogens is 2. The molecule has 1 fully saturated rings. The molecule has 0 spiro atoms. The second kappa shape index (κ2) is 7.84. The predicted octanol–water partition coefficient (Wildman–Crippen LogP) is 4.90. The number of nitrogens with zero attached hydrogens (tertiary/aromatic N) is 3. The van der Waals surface area contributed by atoms with Crippen molar-refractivity contribution in [2.45, 2.75) is 18.8 Å². The number of ether oxygens (including phenoxy) is 1. The van der Waals surface area contributed by atoms with Crippen LogP contribution in [0.5, 0.6) is 5.88 Å². The molecule has 1 unspecified atom stereocenters. The van der Waals surface area contributed by atoms with Gasteiger partial charge in [0.05, 0.1) is 24.0 Å². The van der Waals surface area contributed by atoms with Gasteiger partial charge in [-0.05, 0) is 30.4 Å². The summed E-state index contributed by atoms with van der Waals surface area (Å²) in [6, 6.07) is 8.70. The summed E-state index contributed by atoms with van der Waals surface area (Å²) in [6.07, 6.45) is 4.57. The molecule has 0 radical (unpaired) electrons. The zero-order valence-corrected chi connectivity index (χ0v) is 16.6. The maximum Gasteiger partial charge on any atom is 0.213 e. The molecule has 3 rings (SSSR count). The average Bonchev–Trinajstić information content (AvgIpc) is 3.05. The largest absolute Gasteiger partial charge is 0.481 e. The Bertz CT molecular complexity index is 815. The Labute approximate surface area is 162 Å². The Hall–Kier alpha value is -1.79. The standard InChI is InChI=1S/C19H21ClFN3OS/c1-19(14-5-4-6-15(21)17(14)20)9-10-24(12-19)18(26-3)23-13-7-8-16(25-2)22-11-13/h4-8,11H,9-10,12H2,1-3H3. The van der Waals surface area contributed by atoms with Crippen molar-refractivity contribution in [3.05, 3.63) is 52.9 Å². The molecular formula is C19H21ClFN3OS. The van der Waals surface area contributed by atoms with Crippen LogP contribution < -0.4 is 4.74 Å². The normalized spacial score (nSPS) is 20.5. The Morgan fingerprint density at radius 2 is 2.19 bits per heavy atom. The molecule has 26 heavy (non-hydrogen) atoms. The fourth-order valence-electron chi connectivity index (χ4n) is 3.23. The monoisotopic (exact) mass is 393 g/mol. The van der Waals surface area contributed by atoms with Crippen LogP contribution in [0.2, 0.25) is 5.02 Å². The Morgan fingerprint density at radius 3 is 2.85 bits per heavy atom. The Morgan fingerprint density at radius 1 is 1.38 bits per heavy atom. The number of aromatic nitrogens is 1. The molecule has 1 aliphatic rings. The van der Waals surface area contributed by atoms with E-state index in [1.807, 2.05) is 18.4 Å². The van der Waals surface area contributed by atoms with Crippen LogP contribution in [0.4, 0.5) is 10.1 Å². The van der Waals surface area contributed by atoms with Crippen LogP contribution in [-0.4, -0.2) is 41.5 Å². The fourth-order valence-corrected chi connectivity index (χ4v) is 4.19. The first-order valence-electron chi connectivity index (χ1n) is 8.29. The third-order valence-electron chi connectivity index (χ3n) is 4.68. The van der Waals surface area contributed by atoms with E-state index in [4.69, 9.17) is 21.3 Å². The predicted molar refractivity (Wildman–Crippen MR) is 106 cm³/mol. The lowest BCUT2D eigenvalue weighted by atomic mass is 9.82. The maximum absolute atomic E-state index is 13.9. The van der Waals surface area contributed by atoms with E-state index >= 15 is 0 Å². The van der Waals surface area contributed by atoms with Gasteiger partial charge in [-0.15, -0.1) is 0 Å². The number of aliphatic imine (C=N–C) groups is 1. The van der Waals surface area contributed by atoms with Crippen molar-refractivity contribution in [2.75, 3.05) is 26.5 Å². The van der Waals surface area contributed by atoms with Crippen molar-refractivity contribution in [3.63, 3.8) is 0 Å². The molecule has 1 saturated heterocycles. The molecular weight excluding hydrogens is 373 g/mol. The highest BCUT2D eigenvalue weighted by molar-refractivity contribution is 8.13. The molecule has 0 amide bonds. The van der Waals surface area contributed by atoms with E-state index in [1.165, 1.54) is 6.07 Å². The van der Waals surface area contributed by atoms with Gasteiger partial charge in [0, 0.05) is 24.6 Å². The topological polar surface area (TPSA) is 37.7 Å². The van der Waals surface area contributed by atoms with Crippen LogP contribution in [0.1, 0.15) is 18.9 Å². The van der Waals surface area contributed by atoms with Gasteiger partial charge in [-0.25, -0.2) is 14.4 Å². The number of rotatable bonds is 3. The molecule has 4 nitrogen and oxygen atoms in total. The minimum absolute atomic E-state index is 0.214. The molecule has 0 saturated carbocycles. The minimum atomic E-state index is -0.369. The molecule has 0 aliphatic carbocycles. The summed E-state index contributed by atoms with van der Waals surface area (Å²) < 4.78 is 19.0. The molecule has 138 valence electrons. The van der Waals surface area contributed by atoms with Crippen molar-refractivity contribution in [1.29, 1.82) is 0 Å². The lowest BCUT2D eigenvalue weighted by molar-refractivity contribution is 0.398. The molecule has 2 aromatic rings. The third kappa shape index (κ3) is 3.81. The van der Waals surface area contributed by atoms with Crippen LogP contribution >= 0.6 is 23.4 Å². The summed E-state index contributed by atoms with van der Waals surface area (Å²) in [4.78, 5) is 11.1. The van der Waals surface area contributed by atoms with Gasteiger partial charge < -0.3 is 9.64 Å². The molecule has 0 bridgehead atoms. The minimum Gasteiger partial charge on any atom is -0.481 e. The number of methoxy groups -OCH3 is 1. The number of benzene rings is 1. The van der Waals surface area contributed by atoms with Crippen LogP contribution in [0.15, 0.2) is 41.5 Å². The number of hydrogen-bond donors (Lipinski definition) is 0. The van der Waals surface area contributed by atoms with Crippen molar-refractivity contribution in [3.8, 4) is 5.88 Å². The van der Waals surface area contributed by atoms with E-state index in [2.05, 4.69) is 16.8 Å². The van der Waals surface area contributed by atoms with Gasteiger partial charge in [0.15, 0.2) is 5.17 Å². The number of amidine groups is 1. The second-order valence-corrected chi connectivity index (χ2v) is 7.64. The van der Waals surface area contributed by atoms with E-state index in [0.29, 0.717) is 5.88 Å². The Balaban J connectivity index is 1.83. The van der Waals surface area contributed by atoms with Gasteiger partial charge in [0.25, 0.3) is 0 Å². The van der Waals surface area contributed by atoms with E-state index in [0.717, 1.165) is 35.9 Å². The van der Waals surface area contributed by atoms with Crippen molar-refractivity contribution >= 4 is 34.2 Å². The first-order chi connectivity index (χ1) is 12.5. The molecule has 7 heteroatoms. The highest BCUT2D eigenvalue weighted by Gasteiger charge is 2.38. The Kier molecular flexibility index (Phi) is 5.73. The molecule has 1 aromatic carbocycles. The van der Waals surface area contributed by atoms with E-state index in [1.54, 1.807) is 37.2 Å². The lowest BCUT2D eigenvalue weighted by Gasteiger charge is -2.27. The zero-order chi connectivity index (χ0) is 18.7. The van der Waals surface area contributed by atoms with Crippen LogP contribution in [-0.2, 0) is 5.41 Å².